The average molecular weight is 356 g/mol. The molecule has 2 rings (SSSR count). The molecule has 0 aliphatic rings. The number of anilines is 2. The van der Waals surface area contributed by atoms with Gasteiger partial charge in [-0.15, -0.1) is 11.8 Å². The van der Waals surface area contributed by atoms with Crippen LogP contribution in [0.1, 0.15) is 0 Å². The van der Waals surface area contributed by atoms with E-state index in [1.807, 2.05) is 0 Å². The van der Waals surface area contributed by atoms with Crippen molar-refractivity contribution in [2.75, 3.05) is 16.8 Å². The van der Waals surface area contributed by atoms with E-state index in [0.717, 1.165) is 4.90 Å². The lowest BCUT2D eigenvalue weighted by atomic mass is 10.3. The van der Waals surface area contributed by atoms with E-state index in [1.165, 1.54) is 30.1 Å². The molecule has 0 fully saturated rings. The van der Waals surface area contributed by atoms with Gasteiger partial charge in [-0.1, -0.05) is 15.9 Å². The van der Waals surface area contributed by atoms with Gasteiger partial charge < -0.3 is 11.1 Å². The number of carbonyl (C=O) groups is 1. The highest BCUT2D eigenvalue weighted by Gasteiger charge is 2.09. The van der Waals surface area contributed by atoms with Crippen LogP contribution in [0.2, 0.25) is 0 Å². The maximum Gasteiger partial charge on any atom is 0.234 e. The predicted octanol–water partition coefficient (Wildman–Crippen LogP) is 3.30. The Morgan fingerprint density at radius 2 is 2.25 bits per heavy atom. The molecular formula is C13H11BrFN3OS. The topological polar surface area (TPSA) is 68.0 Å². The highest BCUT2D eigenvalue weighted by Crippen LogP contribution is 2.24. The summed E-state index contributed by atoms with van der Waals surface area (Å²) in [4.78, 5) is 16.4. The molecule has 1 aromatic heterocycles. The molecule has 0 radical (unpaired) electrons. The number of benzene rings is 1. The maximum atomic E-state index is 13.6. The molecule has 104 valence electrons. The van der Waals surface area contributed by atoms with Crippen molar-refractivity contribution in [2.24, 2.45) is 0 Å². The highest BCUT2D eigenvalue weighted by molar-refractivity contribution is 9.10. The average Bonchev–Trinajstić information content (AvgIpc) is 2.41. The number of hydrogen-bond acceptors (Lipinski definition) is 4. The molecule has 1 aromatic carbocycles. The second kappa shape index (κ2) is 6.71. The van der Waals surface area contributed by atoms with Crippen molar-refractivity contribution in [1.82, 2.24) is 4.98 Å². The highest BCUT2D eigenvalue weighted by atomic mass is 79.9. The number of rotatable bonds is 4. The van der Waals surface area contributed by atoms with E-state index >= 15 is 0 Å². The van der Waals surface area contributed by atoms with Gasteiger partial charge in [-0.2, -0.15) is 0 Å². The van der Waals surface area contributed by atoms with Gasteiger partial charge in [-0.25, -0.2) is 4.39 Å². The lowest BCUT2D eigenvalue weighted by molar-refractivity contribution is -0.113. The Morgan fingerprint density at radius 3 is 2.95 bits per heavy atom. The molecule has 4 nitrogen and oxygen atoms in total. The molecule has 3 N–H and O–H groups in total. The second-order valence-corrected chi connectivity index (χ2v) is 5.81. The Labute approximate surface area is 128 Å². The summed E-state index contributed by atoms with van der Waals surface area (Å²) in [5.41, 5.74) is 6.39. The molecule has 1 amide bonds. The Balaban J connectivity index is 1.94. The monoisotopic (exact) mass is 355 g/mol. The fraction of sp³-hybridized carbons (Fsp3) is 0.0769. The zero-order valence-corrected chi connectivity index (χ0v) is 12.7. The third kappa shape index (κ3) is 3.94. The first kappa shape index (κ1) is 14.8. The Hall–Kier alpha value is -1.60. The van der Waals surface area contributed by atoms with Gasteiger partial charge in [0, 0.05) is 15.6 Å². The molecule has 0 aliphatic carbocycles. The molecule has 0 saturated carbocycles. The van der Waals surface area contributed by atoms with Gasteiger partial charge in [0.2, 0.25) is 5.91 Å². The van der Waals surface area contributed by atoms with Gasteiger partial charge in [-0.05, 0) is 24.3 Å². The fourth-order valence-electron chi connectivity index (χ4n) is 1.45. The summed E-state index contributed by atoms with van der Waals surface area (Å²) in [6.07, 6.45) is 3.12. The van der Waals surface area contributed by atoms with Gasteiger partial charge >= 0.3 is 0 Å². The SMILES string of the molecule is Nc1cnccc1SCC(=O)Nc1ccc(Br)cc1F. The quantitative estimate of drug-likeness (QED) is 0.825. The van der Waals surface area contributed by atoms with Crippen molar-refractivity contribution in [3.63, 3.8) is 0 Å². The number of nitrogens with two attached hydrogens (primary N) is 1. The standard InChI is InChI=1S/C13H11BrFN3OS/c14-8-1-2-11(9(15)5-8)18-13(19)7-20-12-3-4-17-6-10(12)16/h1-6H,7,16H2,(H,18,19). The van der Waals surface area contributed by atoms with Crippen molar-refractivity contribution in [2.45, 2.75) is 4.90 Å². The van der Waals surface area contributed by atoms with Crippen molar-refractivity contribution in [1.29, 1.82) is 0 Å². The van der Waals surface area contributed by atoms with E-state index in [0.29, 0.717) is 10.2 Å². The number of amides is 1. The molecule has 20 heavy (non-hydrogen) atoms. The molecular weight excluding hydrogens is 345 g/mol. The van der Waals surface area contributed by atoms with Gasteiger partial charge in [0.25, 0.3) is 0 Å². The zero-order valence-electron chi connectivity index (χ0n) is 10.3. The molecule has 1 heterocycles. The van der Waals surface area contributed by atoms with Crippen molar-refractivity contribution < 1.29 is 9.18 Å². The van der Waals surface area contributed by atoms with Crippen LogP contribution in [0.5, 0.6) is 0 Å². The van der Waals surface area contributed by atoms with Crippen LogP contribution in [0.3, 0.4) is 0 Å². The summed E-state index contributed by atoms with van der Waals surface area (Å²) in [5.74, 6) is -0.641. The maximum absolute atomic E-state index is 13.6. The number of aromatic nitrogens is 1. The number of nitrogens with zero attached hydrogens (tertiary/aromatic N) is 1. The number of carbonyl (C=O) groups excluding carboxylic acids is 1. The predicted molar refractivity (Wildman–Crippen MR) is 82.1 cm³/mol. The van der Waals surface area contributed by atoms with E-state index < -0.39 is 5.82 Å². The Kier molecular flexibility index (Phi) is 4.97. The number of nitrogens with one attached hydrogen (secondary N) is 1. The molecule has 7 heteroatoms. The van der Waals surface area contributed by atoms with E-state index in [2.05, 4.69) is 26.2 Å². The fourth-order valence-corrected chi connectivity index (χ4v) is 2.51. The summed E-state index contributed by atoms with van der Waals surface area (Å²) in [5, 5.41) is 2.52. The Morgan fingerprint density at radius 1 is 1.45 bits per heavy atom. The largest absolute Gasteiger partial charge is 0.397 e. The smallest absolute Gasteiger partial charge is 0.234 e. The minimum atomic E-state index is -0.485. The first-order chi connectivity index (χ1) is 9.56. The molecule has 0 saturated heterocycles. The van der Waals surface area contributed by atoms with Crippen LogP contribution in [0.15, 0.2) is 46.0 Å². The summed E-state index contributed by atoms with van der Waals surface area (Å²) in [7, 11) is 0. The van der Waals surface area contributed by atoms with Crippen LogP contribution in [0, 0.1) is 5.82 Å². The number of hydrogen-bond donors (Lipinski definition) is 2. The first-order valence-electron chi connectivity index (χ1n) is 5.63. The summed E-state index contributed by atoms with van der Waals surface area (Å²) < 4.78 is 14.2. The van der Waals surface area contributed by atoms with Crippen LogP contribution in [0.25, 0.3) is 0 Å². The summed E-state index contributed by atoms with van der Waals surface area (Å²) in [6.45, 7) is 0. The van der Waals surface area contributed by atoms with Crippen molar-refractivity contribution >= 4 is 45.0 Å². The summed E-state index contributed by atoms with van der Waals surface area (Å²) in [6, 6.07) is 6.19. The Bertz CT molecular complexity index is 639. The number of halogens is 2. The van der Waals surface area contributed by atoms with Crippen LogP contribution in [-0.4, -0.2) is 16.6 Å². The number of thioether (sulfide) groups is 1. The zero-order chi connectivity index (χ0) is 14.5. The molecule has 0 bridgehead atoms. The van der Waals surface area contributed by atoms with Crippen LogP contribution in [-0.2, 0) is 4.79 Å². The second-order valence-electron chi connectivity index (χ2n) is 3.87. The van der Waals surface area contributed by atoms with Gasteiger partial charge in [0.15, 0.2) is 0 Å². The van der Waals surface area contributed by atoms with Crippen LogP contribution >= 0.6 is 27.7 Å². The van der Waals surface area contributed by atoms with E-state index in [-0.39, 0.29) is 17.3 Å². The van der Waals surface area contributed by atoms with E-state index in [4.69, 9.17) is 5.73 Å². The lowest BCUT2D eigenvalue weighted by Crippen LogP contribution is -2.15. The molecule has 0 aliphatic heterocycles. The first-order valence-corrected chi connectivity index (χ1v) is 7.41. The molecule has 0 unspecified atom stereocenters. The number of pyridine rings is 1. The normalized spacial score (nSPS) is 10.3. The molecule has 0 spiro atoms. The third-order valence-corrected chi connectivity index (χ3v) is 3.96. The van der Waals surface area contributed by atoms with Crippen LogP contribution < -0.4 is 11.1 Å². The number of nitrogen functional groups attached to an aromatic ring is 1. The van der Waals surface area contributed by atoms with Gasteiger partial charge in [0.05, 0.1) is 23.3 Å². The minimum absolute atomic E-state index is 0.143. The summed E-state index contributed by atoms with van der Waals surface area (Å²) >= 11 is 4.43. The lowest BCUT2D eigenvalue weighted by Gasteiger charge is -2.07. The van der Waals surface area contributed by atoms with Gasteiger partial charge in [-0.3, -0.25) is 9.78 Å². The van der Waals surface area contributed by atoms with E-state index in [9.17, 15) is 9.18 Å². The van der Waals surface area contributed by atoms with Crippen LogP contribution in [0.4, 0.5) is 15.8 Å². The van der Waals surface area contributed by atoms with Crippen molar-refractivity contribution in [3.05, 3.63) is 46.9 Å². The molecule has 0 atom stereocenters. The minimum Gasteiger partial charge on any atom is -0.397 e. The van der Waals surface area contributed by atoms with Gasteiger partial charge in [0.1, 0.15) is 5.82 Å². The van der Waals surface area contributed by atoms with E-state index in [1.54, 1.807) is 18.3 Å². The van der Waals surface area contributed by atoms with Crippen molar-refractivity contribution in [3.8, 4) is 0 Å². The molecule has 2 aromatic rings. The third-order valence-electron chi connectivity index (χ3n) is 2.37.